The number of hydrogen-bond acceptors (Lipinski definition) is 6. The van der Waals surface area contributed by atoms with Crippen LogP contribution in [-0.4, -0.2) is 68.4 Å². The summed E-state index contributed by atoms with van der Waals surface area (Å²) in [7, 11) is 0. The lowest BCUT2D eigenvalue weighted by atomic mass is 10.0. The van der Waals surface area contributed by atoms with E-state index in [2.05, 4.69) is 24.1 Å². The number of carbonyl (C=O) groups is 3. The van der Waals surface area contributed by atoms with Crippen molar-refractivity contribution in [3.63, 3.8) is 0 Å². The van der Waals surface area contributed by atoms with Crippen LogP contribution in [0.1, 0.15) is 48.5 Å². The number of carbonyl (C=O) groups excluding carboxylic acids is 3. The van der Waals surface area contributed by atoms with Crippen LogP contribution in [-0.2, 0) is 9.59 Å². The topological polar surface area (TPSA) is 88.2 Å². The summed E-state index contributed by atoms with van der Waals surface area (Å²) in [5.41, 5.74) is 2.01. The summed E-state index contributed by atoms with van der Waals surface area (Å²) in [5.74, 6) is 0.714. The van der Waals surface area contributed by atoms with Crippen molar-refractivity contribution in [3.05, 3.63) is 53.6 Å². The van der Waals surface area contributed by atoms with Crippen LogP contribution in [0, 0.1) is 0 Å². The van der Waals surface area contributed by atoms with E-state index in [-0.39, 0.29) is 37.4 Å². The number of Topliss-reactive ketones (excluding diaryl/α,β-unsaturated/α-hetero) is 1. The third-order valence-electron chi connectivity index (χ3n) is 6.39. The van der Waals surface area contributed by atoms with Gasteiger partial charge in [0.2, 0.25) is 5.91 Å². The summed E-state index contributed by atoms with van der Waals surface area (Å²) in [5, 5.41) is 2.89. The average Bonchev–Trinajstić information content (AvgIpc) is 3.38. The van der Waals surface area contributed by atoms with Gasteiger partial charge in [0.1, 0.15) is 18.0 Å². The molecule has 8 nitrogen and oxygen atoms in total. The Labute approximate surface area is 206 Å². The lowest BCUT2D eigenvalue weighted by molar-refractivity contribution is -0.125. The van der Waals surface area contributed by atoms with E-state index < -0.39 is 0 Å². The zero-order valence-electron chi connectivity index (χ0n) is 20.4. The number of nitrogens with zero attached hydrogens (tertiary/aromatic N) is 2. The van der Waals surface area contributed by atoms with E-state index >= 15 is 0 Å². The van der Waals surface area contributed by atoms with Gasteiger partial charge in [-0.05, 0) is 67.7 Å². The zero-order valence-corrected chi connectivity index (χ0v) is 20.4. The Balaban J connectivity index is 1.37. The predicted molar refractivity (Wildman–Crippen MR) is 133 cm³/mol. The van der Waals surface area contributed by atoms with Gasteiger partial charge in [-0.1, -0.05) is 26.0 Å². The van der Waals surface area contributed by atoms with Crippen LogP contribution in [0.25, 0.3) is 0 Å². The Kier molecular flexibility index (Phi) is 8.02. The van der Waals surface area contributed by atoms with Crippen molar-refractivity contribution in [1.29, 1.82) is 0 Å². The van der Waals surface area contributed by atoms with E-state index in [0.717, 1.165) is 19.6 Å². The fraction of sp³-hybridized carbons (Fsp3) is 0.444. The number of ether oxygens (including phenoxy) is 2. The van der Waals surface area contributed by atoms with E-state index in [9.17, 15) is 14.4 Å². The highest BCUT2D eigenvalue weighted by Crippen LogP contribution is 2.33. The molecule has 2 heterocycles. The first kappa shape index (κ1) is 24.7. The standard InChI is InChI=1S/C27H33N3O5/c1-19(2)20-5-8-22(9-6-20)34-17-24(31)21-7-10-25-23(15-21)30(27(33)18-35-25)16-26(32)28-11-14-29-12-3-4-13-29/h5-10,15,19H,3-4,11-14,16-18H2,1-2H3,(H,28,32). The minimum atomic E-state index is -0.321. The molecule has 0 atom stereocenters. The molecule has 4 rings (SSSR count). The second-order valence-electron chi connectivity index (χ2n) is 9.29. The Morgan fingerprint density at radius 2 is 1.83 bits per heavy atom. The number of likely N-dealkylation sites (tertiary alicyclic amines) is 1. The highest BCUT2D eigenvalue weighted by Gasteiger charge is 2.28. The van der Waals surface area contributed by atoms with E-state index in [4.69, 9.17) is 9.47 Å². The number of nitrogens with one attached hydrogen (secondary N) is 1. The fourth-order valence-electron chi connectivity index (χ4n) is 4.29. The Bertz CT molecular complexity index is 1060. The molecular formula is C27H33N3O5. The van der Waals surface area contributed by atoms with Crippen LogP contribution >= 0.6 is 0 Å². The van der Waals surface area contributed by atoms with Crippen LogP contribution < -0.4 is 19.7 Å². The summed E-state index contributed by atoms with van der Waals surface area (Å²) in [6.45, 7) is 7.31. The molecule has 0 saturated carbocycles. The summed E-state index contributed by atoms with van der Waals surface area (Å²) in [4.78, 5) is 41.6. The van der Waals surface area contributed by atoms with Gasteiger partial charge in [0.15, 0.2) is 19.0 Å². The Morgan fingerprint density at radius 3 is 2.54 bits per heavy atom. The van der Waals surface area contributed by atoms with Crippen LogP contribution in [0.3, 0.4) is 0 Å². The van der Waals surface area contributed by atoms with Gasteiger partial charge < -0.3 is 19.7 Å². The average molecular weight is 480 g/mol. The summed E-state index contributed by atoms with van der Waals surface area (Å²) < 4.78 is 11.2. The molecule has 0 spiro atoms. The van der Waals surface area contributed by atoms with Crippen LogP contribution in [0.15, 0.2) is 42.5 Å². The van der Waals surface area contributed by atoms with E-state index in [1.54, 1.807) is 18.2 Å². The maximum absolute atomic E-state index is 12.8. The van der Waals surface area contributed by atoms with Crippen LogP contribution in [0.2, 0.25) is 0 Å². The fourth-order valence-corrected chi connectivity index (χ4v) is 4.29. The van der Waals surface area contributed by atoms with Crippen molar-refractivity contribution in [2.24, 2.45) is 0 Å². The molecule has 1 saturated heterocycles. The lowest BCUT2D eigenvalue weighted by Crippen LogP contribution is -2.46. The summed E-state index contributed by atoms with van der Waals surface area (Å²) in [6, 6.07) is 12.6. The maximum Gasteiger partial charge on any atom is 0.265 e. The highest BCUT2D eigenvalue weighted by atomic mass is 16.5. The molecule has 8 heteroatoms. The molecule has 2 aromatic carbocycles. The minimum Gasteiger partial charge on any atom is -0.485 e. The van der Waals surface area contributed by atoms with E-state index in [0.29, 0.717) is 35.2 Å². The molecule has 1 N–H and O–H groups in total. The number of fused-ring (bicyclic) bond motifs is 1. The first-order valence-electron chi connectivity index (χ1n) is 12.2. The molecule has 2 aliphatic rings. The van der Waals surface area contributed by atoms with Gasteiger partial charge in [0.25, 0.3) is 5.91 Å². The Hall–Kier alpha value is -3.39. The number of anilines is 1. The van der Waals surface area contributed by atoms with Crippen LogP contribution in [0.5, 0.6) is 11.5 Å². The second kappa shape index (κ2) is 11.4. The normalized spacial score (nSPS) is 15.6. The van der Waals surface area contributed by atoms with Gasteiger partial charge in [-0.3, -0.25) is 19.3 Å². The molecule has 0 radical (unpaired) electrons. The zero-order chi connectivity index (χ0) is 24.8. The van der Waals surface area contributed by atoms with Crippen molar-refractivity contribution in [3.8, 4) is 11.5 Å². The molecule has 1 fully saturated rings. The van der Waals surface area contributed by atoms with Gasteiger partial charge >= 0.3 is 0 Å². The van der Waals surface area contributed by atoms with Crippen molar-refractivity contribution < 1.29 is 23.9 Å². The van der Waals surface area contributed by atoms with Gasteiger partial charge in [0, 0.05) is 18.7 Å². The monoisotopic (exact) mass is 479 g/mol. The number of amides is 2. The molecule has 2 aliphatic heterocycles. The van der Waals surface area contributed by atoms with Gasteiger partial charge in [-0.2, -0.15) is 0 Å². The number of rotatable bonds is 10. The molecule has 2 aromatic rings. The van der Waals surface area contributed by atoms with Crippen molar-refractivity contribution in [2.75, 3.05) is 50.8 Å². The molecular weight excluding hydrogens is 446 g/mol. The molecule has 0 aromatic heterocycles. The molecule has 186 valence electrons. The van der Waals surface area contributed by atoms with Crippen LogP contribution in [0.4, 0.5) is 5.69 Å². The number of ketones is 1. The van der Waals surface area contributed by atoms with Gasteiger partial charge in [-0.25, -0.2) is 0 Å². The second-order valence-corrected chi connectivity index (χ2v) is 9.29. The Morgan fingerprint density at radius 1 is 1.09 bits per heavy atom. The molecule has 0 unspecified atom stereocenters. The highest BCUT2D eigenvalue weighted by molar-refractivity contribution is 6.04. The minimum absolute atomic E-state index is 0.120. The third-order valence-corrected chi connectivity index (χ3v) is 6.39. The van der Waals surface area contributed by atoms with Gasteiger partial charge in [0.05, 0.1) is 5.69 Å². The first-order valence-corrected chi connectivity index (χ1v) is 12.2. The van der Waals surface area contributed by atoms with E-state index in [1.807, 2.05) is 24.3 Å². The smallest absolute Gasteiger partial charge is 0.265 e. The lowest BCUT2D eigenvalue weighted by Gasteiger charge is -2.29. The largest absolute Gasteiger partial charge is 0.485 e. The number of benzene rings is 2. The quantitative estimate of drug-likeness (QED) is 0.527. The third kappa shape index (κ3) is 6.39. The van der Waals surface area contributed by atoms with E-state index in [1.165, 1.54) is 23.3 Å². The maximum atomic E-state index is 12.8. The molecule has 0 aliphatic carbocycles. The first-order chi connectivity index (χ1) is 16.9. The molecule has 0 bridgehead atoms. The summed E-state index contributed by atoms with van der Waals surface area (Å²) in [6.07, 6.45) is 2.40. The number of hydrogen-bond donors (Lipinski definition) is 1. The van der Waals surface area contributed by atoms with Crippen molar-refractivity contribution in [2.45, 2.75) is 32.6 Å². The SMILES string of the molecule is CC(C)c1ccc(OCC(=O)c2ccc3c(c2)N(CC(=O)NCCN2CCCC2)C(=O)CO3)cc1. The summed E-state index contributed by atoms with van der Waals surface area (Å²) >= 11 is 0. The molecule has 35 heavy (non-hydrogen) atoms. The predicted octanol–water partition coefficient (Wildman–Crippen LogP) is 3.01. The van der Waals surface area contributed by atoms with Crippen molar-refractivity contribution >= 4 is 23.3 Å². The van der Waals surface area contributed by atoms with Crippen molar-refractivity contribution in [1.82, 2.24) is 10.2 Å². The molecule has 2 amide bonds. The van der Waals surface area contributed by atoms with Gasteiger partial charge in [-0.15, -0.1) is 0 Å².